The zero-order valence-electron chi connectivity index (χ0n) is 6.59. The van der Waals surface area contributed by atoms with Gasteiger partial charge in [0.2, 0.25) is 0 Å². The maximum atomic E-state index is 5.43. The van der Waals surface area contributed by atoms with E-state index in [0.717, 1.165) is 10.2 Å². The summed E-state index contributed by atoms with van der Waals surface area (Å²) in [4.78, 5) is 0.680. The van der Waals surface area contributed by atoms with Crippen molar-refractivity contribution in [2.24, 2.45) is 0 Å². The molecule has 0 saturated heterocycles. The van der Waals surface area contributed by atoms with E-state index in [4.69, 9.17) is 4.42 Å². The van der Waals surface area contributed by atoms with Crippen molar-refractivity contribution in [3.05, 3.63) is 22.6 Å². The summed E-state index contributed by atoms with van der Waals surface area (Å²) in [5, 5.41) is 0. The van der Waals surface area contributed by atoms with E-state index in [2.05, 4.69) is 31.9 Å². The molecule has 1 aliphatic rings. The molecule has 66 valence electrons. The molecule has 1 heterocycles. The fourth-order valence-electron chi connectivity index (χ4n) is 1.76. The number of hydrogen-bond acceptors (Lipinski definition) is 1. The molecule has 0 bridgehead atoms. The average Bonchev–Trinajstić information content (AvgIpc) is 2.58. The Kier molecular flexibility index (Phi) is 2.60. The van der Waals surface area contributed by atoms with Gasteiger partial charge in [0.1, 0.15) is 5.76 Å². The second kappa shape index (κ2) is 3.54. The fraction of sp³-hybridized carbons (Fsp3) is 0.556. The first kappa shape index (κ1) is 8.82. The Labute approximate surface area is 88.8 Å². The highest BCUT2D eigenvalue weighted by Crippen LogP contribution is 2.40. The van der Waals surface area contributed by atoms with Crippen molar-refractivity contribution in [2.75, 3.05) is 0 Å². The zero-order valence-corrected chi connectivity index (χ0v) is 9.77. The highest BCUT2D eigenvalue weighted by molar-refractivity contribution is 9.10. The number of rotatable bonds is 1. The molecule has 0 amide bonds. The predicted molar refractivity (Wildman–Crippen MR) is 55.7 cm³/mol. The van der Waals surface area contributed by atoms with Crippen LogP contribution in [-0.2, 0) is 0 Å². The van der Waals surface area contributed by atoms with E-state index < -0.39 is 0 Å². The molecule has 1 nitrogen and oxygen atoms in total. The first-order valence-corrected chi connectivity index (χ1v) is 5.85. The van der Waals surface area contributed by atoms with Gasteiger partial charge in [-0.05, 0) is 41.3 Å². The summed E-state index contributed by atoms with van der Waals surface area (Å²) >= 11 is 7.12. The molecule has 12 heavy (non-hydrogen) atoms. The quantitative estimate of drug-likeness (QED) is 0.711. The topological polar surface area (TPSA) is 13.1 Å². The van der Waals surface area contributed by atoms with Gasteiger partial charge in [-0.1, -0.05) is 15.9 Å². The van der Waals surface area contributed by atoms with Gasteiger partial charge in [-0.15, -0.1) is 0 Å². The van der Waals surface area contributed by atoms with E-state index in [1.807, 2.05) is 6.07 Å². The lowest BCUT2D eigenvalue weighted by Crippen LogP contribution is -1.92. The minimum Gasteiger partial charge on any atom is -0.468 e. The fourth-order valence-corrected chi connectivity index (χ4v) is 3.00. The van der Waals surface area contributed by atoms with Crippen LogP contribution in [0.2, 0.25) is 0 Å². The number of halogens is 2. The summed E-state index contributed by atoms with van der Waals surface area (Å²) in [5.41, 5.74) is 0. The van der Waals surface area contributed by atoms with E-state index in [-0.39, 0.29) is 0 Å². The lowest BCUT2D eigenvalue weighted by molar-refractivity contribution is 0.463. The van der Waals surface area contributed by atoms with Crippen LogP contribution in [0.5, 0.6) is 0 Å². The molecule has 0 N–H and O–H groups in total. The van der Waals surface area contributed by atoms with Crippen molar-refractivity contribution >= 4 is 31.9 Å². The SMILES string of the molecule is Brc1ccoc1C1CCC(Br)C1. The van der Waals surface area contributed by atoms with E-state index in [9.17, 15) is 0 Å². The monoisotopic (exact) mass is 292 g/mol. The average molecular weight is 294 g/mol. The first-order valence-electron chi connectivity index (χ1n) is 4.14. The van der Waals surface area contributed by atoms with Crippen LogP contribution in [0.25, 0.3) is 0 Å². The Balaban J connectivity index is 2.16. The van der Waals surface area contributed by atoms with Crippen LogP contribution in [0.1, 0.15) is 30.9 Å². The normalized spacial score (nSPS) is 29.5. The Morgan fingerprint density at radius 3 is 2.75 bits per heavy atom. The molecule has 1 saturated carbocycles. The molecule has 1 aliphatic carbocycles. The molecule has 0 aromatic carbocycles. The summed E-state index contributed by atoms with van der Waals surface area (Å²) in [7, 11) is 0. The van der Waals surface area contributed by atoms with Gasteiger partial charge in [0.25, 0.3) is 0 Å². The molecule has 1 fully saturated rings. The Bertz CT molecular complexity index is 269. The largest absolute Gasteiger partial charge is 0.468 e. The van der Waals surface area contributed by atoms with Crippen molar-refractivity contribution in [1.82, 2.24) is 0 Å². The van der Waals surface area contributed by atoms with Crippen LogP contribution in [0.4, 0.5) is 0 Å². The molecular weight excluding hydrogens is 284 g/mol. The maximum absolute atomic E-state index is 5.43. The maximum Gasteiger partial charge on any atom is 0.121 e. The van der Waals surface area contributed by atoms with Crippen LogP contribution >= 0.6 is 31.9 Å². The van der Waals surface area contributed by atoms with Gasteiger partial charge in [-0.2, -0.15) is 0 Å². The predicted octanol–water partition coefficient (Wildman–Crippen LogP) is 4.07. The van der Waals surface area contributed by atoms with Crippen molar-refractivity contribution in [2.45, 2.75) is 30.0 Å². The van der Waals surface area contributed by atoms with Gasteiger partial charge < -0.3 is 4.42 Å². The zero-order chi connectivity index (χ0) is 8.55. The molecule has 2 atom stereocenters. The summed E-state index contributed by atoms with van der Waals surface area (Å²) in [6, 6.07) is 1.97. The number of furan rings is 1. The molecule has 3 heteroatoms. The molecule has 0 aliphatic heterocycles. The van der Waals surface area contributed by atoms with Gasteiger partial charge in [-0.3, -0.25) is 0 Å². The third-order valence-electron chi connectivity index (χ3n) is 2.38. The van der Waals surface area contributed by atoms with Crippen LogP contribution in [0.3, 0.4) is 0 Å². The van der Waals surface area contributed by atoms with E-state index >= 15 is 0 Å². The summed E-state index contributed by atoms with van der Waals surface area (Å²) in [5.74, 6) is 1.73. The van der Waals surface area contributed by atoms with E-state index in [1.165, 1.54) is 19.3 Å². The Hall–Kier alpha value is 0.240. The smallest absolute Gasteiger partial charge is 0.121 e. The Morgan fingerprint density at radius 1 is 1.42 bits per heavy atom. The lowest BCUT2D eigenvalue weighted by Gasteiger charge is -2.05. The molecule has 1 aromatic heterocycles. The van der Waals surface area contributed by atoms with Crippen molar-refractivity contribution in [3.8, 4) is 0 Å². The van der Waals surface area contributed by atoms with Crippen molar-refractivity contribution in [3.63, 3.8) is 0 Å². The second-order valence-corrected chi connectivity index (χ2v) is 5.39. The third kappa shape index (κ3) is 1.62. The minimum atomic E-state index is 0.610. The van der Waals surface area contributed by atoms with E-state index in [0.29, 0.717) is 10.7 Å². The second-order valence-electron chi connectivity index (χ2n) is 3.24. The standard InChI is InChI=1S/C9H10Br2O/c10-7-2-1-6(5-7)9-8(11)3-4-12-9/h3-4,6-7H,1-2,5H2. The lowest BCUT2D eigenvalue weighted by atomic mass is 10.1. The molecule has 2 rings (SSSR count). The van der Waals surface area contributed by atoms with Gasteiger partial charge >= 0.3 is 0 Å². The molecule has 2 unspecified atom stereocenters. The summed E-state index contributed by atoms with van der Waals surface area (Å²) in [6.07, 6.45) is 5.45. The molecule has 0 spiro atoms. The van der Waals surface area contributed by atoms with E-state index in [1.54, 1.807) is 6.26 Å². The number of hydrogen-bond donors (Lipinski definition) is 0. The third-order valence-corrected chi connectivity index (χ3v) is 3.87. The van der Waals surface area contributed by atoms with Crippen molar-refractivity contribution < 1.29 is 4.42 Å². The molecular formula is C9H10Br2O. The van der Waals surface area contributed by atoms with Gasteiger partial charge in [0.05, 0.1) is 10.7 Å². The van der Waals surface area contributed by atoms with Crippen LogP contribution in [0, 0.1) is 0 Å². The van der Waals surface area contributed by atoms with Gasteiger partial charge in [0.15, 0.2) is 0 Å². The Morgan fingerprint density at radius 2 is 2.25 bits per heavy atom. The van der Waals surface area contributed by atoms with Crippen LogP contribution in [0.15, 0.2) is 21.2 Å². The first-order chi connectivity index (χ1) is 5.77. The molecule has 0 radical (unpaired) electrons. The summed E-state index contributed by atoms with van der Waals surface area (Å²) < 4.78 is 6.55. The van der Waals surface area contributed by atoms with Crippen LogP contribution in [-0.4, -0.2) is 4.83 Å². The van der Waals surface area contributed by atoms with Gasteiger partial charge in [0, 0.05) is 10.7 Å². The number of alkyl halides is 1. The van der Waals surface area contributed by atoms with Crippen molar-refractivity contribution in [1.29, 1.82) is 0 Å². The highest BCUT2D eigenvalue weighted by Gasteiger charge is 2.27. The minimum absolute atomic E-state index is 0.610. The van der Waals surface area contributed by atoms with Crippen LogP contribution < -0.4 is 0 Å². The summed E-state index contributed by atoms with van der Waals surface area (Å²) in [6.45, 7) is 0. The van der Waals surface area contributed by atoms with Gasteiger partial charge in [-0.25, -0.2) is 0 Å². The highest BCUT2D eigenvalue weighted by atomic mass is 79.9. The molecule has 1 aromatic rings.